The normalized spacial score (nSPS) is 11.2. The Hall–Kier alpha value is -1.46. The van der Waals surface area contributed by atoms with Crippen LogP contribution in [-0.2, 0) is 17.8 Å². The van der Waals surface area contributed by atoms with Crippen LogP contribution < -0.4 is 5.32 Å². The zero-order valence-corrected chi connectivity index (χ0v) is 10.3. The van der Waals surface area contributed by atoms with Gasteiger partial charge in [0.05, 0.1) is 24.9 Å². The van der Waals surface area contributed by atoms with Crippen molar-refractivity contribution in [1.29, 1.82) is 0 Å². The lowest BCUT2D eigenvalue weighted by Gasteiger charge is -2.06. The van der Waals surface area contributed by atoms with Crippen molar-refractivity contribution >= 4 is 11.0 Å². The highest BCUT2D eigenvalue weighted by atomic mass is 16.5. The van der Waals surface area contributed by atoms with E-state index in [9.17, 15) is 0 Å². The molecule has 0 spiro atoms. The standard InChI is InChI=1S/C12H18N4O/c1-3-16-11-4-5-13-8-10(11)15-12(16)9-14-6-7-17-2/h4-5,8,14H,3,6-7,9H2,1-2H3. The smallest absolute Gasteiger partial charge is 0.123 e. The van der Waals surface area contributed by atoms with E-state index in [0.29, 0.717) is 6.61 Å². The van der Waals surface area contributed by atoms with Gasteiger partial charge in [0.1, 0.15) is 11.3 Å². The van der Waals surface area contributed by atoms with E-state index in [1.165, 1.54) is 0 Å². The minimum absolute atomic E-state index is 0.716. The van der Waals surface area contributed by atoms with Gasteiger partial charge in [0, 0.05) is 26.4 Å². The summed E-state index contributed by atoms with van der Waals surface area (Å²) < 4.78 is 7.20. The Morgan fingerprint density at radius 3 is 3.12 bits per heavy atom. The van der Waals surface area contributed by atoms with E-state index < -0.39 is 0 Å². The van der Waals surface area contributed by atoms with E-state index >= 15 is 0 Å². The predicted octanol–water partition coefficient (Wildman–Crippen LogP) is 1.19. The molecular weight excluding hydrogens is 216 g/mol. The topological polar surface area (TPSA) is 52.0 Å². The average molecular weight is 234 g/mol. The van der Waals surface area contributed by atoms with Crippen molar-refractivity contribution < 1.29 is 4.74 Å². The third kappa shape index (κ3) is 2.62. The second-order valence-corrected chi connectivity index (χ2v) is 3.81. The first-order valence-electron chi connectivity index (χ1n) is 5.85. The van der Waals surface area contributed by atoms with Gasteiger partial charge in [-0.25, -0.2) is 4.98 Å². The highest BCUT2D eigenvalue weighted by Gasteiger charge is 2.08. The number of hydrogen-bond acceptors (Lipinski definition) is 4. The number of aromatic nitrogens is 3. The summed E-state index contributed by atoms with van der Waals surface area (Å²) in [5.74, 6) is 1.05. The molecule has 2 aromatic heterocycles. The van der Waals surface area contributed by atoms with Gasteiger partial charge >= 0.3 is 0 Å². The van der Waals surface area contributed by atoms with E-state index in [1.54, 1.807) is 19.5 Å². The third-order valence-electron chi connectivity index (χ3n) is 2.71. The molecule has 0 fully saturated rings. The second kappa shape index (κ2) is 5.75. The van der Waals surface area contributed by atoms with Gasteiger partial charge in [-0.2, -0.15) is 0 Å². The van der Waals surface area contributed by atoms with Crippen LogP contribution in [0.25, 0.3) is 11.0 Å². The molecule has 0 atom stereocenters. The Labute approximate surface area is 101 Å². The average Bonchev–Trinajstić information content (AvgIpc) is 2.72. The first-order chi connectivity index (χ1) is 8.36. The molecule has 0 aliphatic rings. The molecule has 0 aliphatic heterocycles. The maximum atomic E-state index is 5.00. The van der Waals surface area contributed by atoms with Crippen molar-refractivity contribution in [2.75, 3.05) is 20.3 Å². The molecule has 0 aromatic carbocycles. The molecule has 0 saturated heterocycles. The fourth-order valence-electron chi connectivity index (χ4n) is 1.89. The fraction of sp³-hybridized carbons (Fsp3) is 0.500. The van der Waals surface area contributed by atoms with Crippen LogP contribution in [-0.4, -0.2) is 34.8 Å². The number of hydrogen-bond donors (Lipinski definition) is 1. The Morgan fingerprint density at radius 1 is 1.47 bits per heavy atom. The zero-order chi connectivity index (χ0) is 12.1. The van der Waals surface area contributed by atoms with Gasteiger partial charge in [-0.1, -0.05) is 0 Å². The lowest BCUT2D eigenvalue weighted by atomic mass is 10.4. The van der Waals surface area contributed by atoms with Gasteiger partial charge in [0.15, 0.2) is 0 Å². The monoisotopic (exact) mass is 234 g/mol. The lowest BCUT2D eigenvalue weighted by Crippen LogP contribution is -2.21. The Bertz CT molecular complexity index is 480. The molecule has 2 heterocycles. The number of imidazole rings is 1. The summed E-state index contributed by atoms with van der Waals surface area (Å²) in [7, 11) is 1.70. The van der Waals surface area contributed by atoms with Crippen molar-refractivity contribution in [3.8, 4) is 0 Å². The molecule has 1 N–H and O–H groups in total. The van der Waals surface area contributed by atoms with Crippen molar-refractivity contribution in [2.45, 2.75) is 20.0 Å². The van der Waals surface area contributed by atoms with Crippen LogP contribution in [0.3, 0.4) is 0 Å². The number of methoxy groups -OCH3 is 1. The van der Waals surface area contributed by atoms with E-state index in [1.807, 2.05) is 6.07 Å². The Morgan fingerprint density at radius 2 is 2.35 bits per heavy atom. The first kappa shape index (κ1) is 12.0. The summed E-state index contributed by atoms with van der Waals surface area (Å²) >= 11 is 0. The fourth-order valence-corrected chi connectivity index (χ4v) is 1.89. The van der Waals surface area contributed by atoms with Crippen LogP contribution in [0, 0.1) is 0 Å². The second-order valence-electron chi connectivity index (χ2n) is 3.81. The number of rotatable bonds is 6. The quantitative estimate of drug-likeness (QED) is 0.763. The van der Waals surface area contributed by atoms with Gasteiger partial charge in [-0.05, 0) is 13.0 Å². The number of aryl methyl sites for hydroxylation is 1. The minimum Gasteiger partial charge on any atom is -0.383 e. The number of nitrogens with one attached hydrogen (secondary N) is 1. The predicted molar refractivity (Wildman–Crippen MR) is 66.8 cm³/mol. The van der Waals surface area contributed by atoms with Crippen LogP contribution >= 0.6 is 0 Å². The molecule has 0 amide bonds. The van der Waals surface area contributed by atoms with Gasteiger partial charge < -0.3 is 14.6 Å². The van der Waals surface area contributed by atoms with Crippen molar-refractivity contribution in [3.05, 3.63) is 24.3 Å². The molecule has 92 valence electrons. The molecule has 17 heavy (non-hydrogen) atoms. The number of pyridine rings is 1. The molecular formula is C12H18N4O. The molecule has 0 saturated carbocycles. The van der Waals surface area contributed by atoms with Crippen LogP contribution in [0.5, 0.6) is 0 Å². The van der Waals surface area contributed by atoms with Gasteiger partial charge in [-0.3, -0.25) is 4.98 Å². The highest BCUT2D eigenvalue weighted by molar-refractivity contribution is 5.74. The van der Waals surface area contributed by atoms with Crippen LogP contribution in [0.4, 0.5) is 0 Å². The molecule has 0 radical (unpaired) electrons. The first-order valence-corrected chi connectivity index (χ1v) is 5.85. The summed E-state index contributed by atoms with van der Waals surface area (Å²) in [4.78, 5) is 8.67. The van der Waals surface area contributed by atoms with Gasteiger partial charge in [-0.15, -0.1) is 0 Å². The Kier molecular flexibility index (Phi) is 4.06. The molecule has 0 unspecified atom stereocenters. The SMILES string of the molecule is CCn1c(CNCCOC)nc2cnccc21. The molecule has 2 rings (SSSR count). The maximum Gasteiger partial charge on any atom is 0.123 e. The number of fused-ring (bicyclic) bond motifs is 1. The van der Waals surface area contributed by atoms with Crippen LogP contribution in [0.15, 0.2) is 18.5 Å². The molecule has 2 aromatic rings. The number of nitrogens with zero attached hydrogens (tertiary/aromatic N) is 3. The van der Waals surface area contributed by atoms with Crippen molar-refractivity contribution in [3.63, 3.8) is 0 Å². The largest absolute Gasteiger partial charge is 0.383 e. The molecule has 0 aliphatic carbocycles. The summed E-state index contributed by atoms with van der Waals surface area (Å²) in [5.41, 5.74) is 2.10. The summed E-state index contributed by atoms with van der Waals surface area (Å²) in [6.45, 7) is 5.35. The maximum absolute atomic E-state index is 5.00. The van der Waals surface area contributed by atoms with E-state index in [4.69, 9.17) is 4.74 Å². The zero-order valence-electron chi connectivity index (χ0n) is 10.3. The van der Waals surface area contributed by atoms with E-state index in [-0.39, 0.29) is 0 Å². The summed E-state index contributed by atoms with van der Waals surface area (Å²) in [6.07, 6.45) is 3.61. The highest BCUT2D eigenvalue weighted by Crippen LogP contribution is 2.14. The molecule has 0 bridgehead atoms. The van der Waals surface area contributed by atoms with Crippen molar-refractivity contribution in [2.24, 2.45) is 0 Å². The van der Waals surface area contributed by atoms with Crippen LogP contribution in [0.1, 0.15) is 12.7 Å². The van der Waals surface area contributed by atoms with Gasteiger partial charge in [0.2, 0.25) is 0 Å². The van der Waals surface area contributed by atoms with Gasteiger partial charge in [0.25, 0.3) is 0 Å². The Balaban J connectivity index is 2.15. The molecule has 5 heteroatoms. The van der Waals surface area contributed by atoms with E-state index in [0.717, 1.165) is 36.5 Å². The summed E-state index contributed by atoms with van der Waals surface area (Å²) in [6, 6.07) is 2.00. The number of ether oxygens (including phenoxy) is 1. The third-order valence-corrected chi connectivity index (χ3v) is 2.71. The lowest BCUT2D eigenvalue weighted by molar-refractivity contribution is 0.199. The minimum atomic E-state index is 0.716. The van der Waals surface area contributed by atoms with E-state index in [2.05, 4.69) is 26.8 Å². The van der Waals surface area contributed by atoms with Crippen molar-refractivity contribution in [1.82, 2.24) is 19.9 Å². The van der Waals surface area contributed by atoms with Crippen LogP contribution in [0.2, 0.25) is 0 Å². The molecule has 5 nitrogen and oxygen atoms in total. The summed E-state index contributed by atoms with van der Waals surface area (Å²) in [5, 5.41) is 3.31.